The van der Waals surface area contributed by atoms with Crippen molar-refractivity contribution in [2.75, 3.05) is 19.7 Å². The minimum atomic E-state index is -3.28. The largest absolute Gasteiger partial charge is 0.460 e. The van der Waals surface area contributed by atoms with Gasteiger partial charge in [-0.05, 0) is 34.6 Å². The second-order valence-electron chi connectivity index (χ2n) is 10.0. The van der Waals surface area contributed by atoms with Crippen molar-refractivity contribution in [3.05, 3.63) is 32.6 Å². The molecule has 3 fully saturated rings. The molecular formula is C20H31N4O7P. The zero-order chi connectivity index (χ0) is 23.6. The monoisotopic (exact) mass is 470 g/mol. The molecule has 0 aliphatic carbocycles. The van der Waals surface area contributed by atoms with Gasteiger partial charge in [-0.25, -0.2) is 14.1 Å². The first-order valence-corrected chi connectivity index (χ1v) is 12.2. The van der Waals surface area contributed by atoms with Crippen LogP contribution in [0, 0.1) is 6.92 Å². The standard InChI is InChI=1S/C20H31N4O7P/c1-12-8-22(18(27)21-17(12)26)16-7-14(30-13(2)25)15(31-16)9-29-32(28,23-10-19(23,3)4)24-11-20(24,5)6/h8,14-16H,7,9-11H2,1-6H3,(H,21,26,27)/t14-,15+,16+,23?,24?,32?/m0/s1. The van der Waals surface area contributed by atoms with Gasteiger partial charge >= 0.3 is 19.3 Å². The summed E-state index contributed by atoms with van der Waals surface area (Å²) >= 11 is 0. The molecule has 12 heteroatoms. The number of aromatic nitrogens is 2. The molecule has 1 N–H and O–H groups in total. The Balaban J connectivity index is 1.54. The van der Waals surface area contributed by atoms with Gasteiger partial charge in [0.2, 0.25) is 0 Å². The van der Waals surface area contributed by atoms with Gasteiger partial charge in [-0.15, -0.1) is 0 Å². The number of nitrogens with one attached hydrogen (secondary N) is 1. The lowest BCUT2D eigenvalue weighted by atomic mass is 10.2. The molecule has 5 atom stereocenters. The SMILES string of the molecule is CC(=O)O[C@H]1C[C@H](n2cc(C)c(=O)[nH]c2=O)O[C@@H]1COP(=O)(N1CC1(C)C)N1CC1(C)C. The van der Waals surface area contributed by atoms with Gasteiger partial charge in [0.25, 0.3) is 5.56 Å². The summed E-state index contributed by atoms with van der Waals surface area (Å²) in [7, 11) is -3.28. The van der Waals surface area contributed by atoms with Crippen molar-refractivity contribution in [2.24, 2.45) is 0 Å². The third kappa shape index (κ3) is 4.24. The molecule has 4 heterocycles. The summed E-state index contributed by atoms with van der Waals surface area (Å²) in [6.07, 6.45) is -0.544. The lowest BCUT2D eigenvalue weighted by Crippen LogP contribution is -2.33. The van der Waals surface area contributed by atoms with Gasteiger partial charge in [-0.1, -0.05) is 0 Å². The van der Waals surface area contributed by atoms with E-state index in [0.29, 0.717) is 18.7 Å². The van der Waals surface area contributed by atoms with Gasteiger partial charge in [0.1, 0.15) is 18.4 Å². The van der Waals surface area contributed by atoms with Crippen molar-refractivity contribution in [1.82, 2.24) is 18.9 Å². The Morgan fingerprint density at radius 1 is 1.22 bits per heavy atom. The molecule has 178 valence electrons. The van der Waals surface area contributed by atoms with E-state index in [1.165, 1.54) is 17.7 Å². The molecule has 1 aromatic heterocycles. The lowest BCUT2D eigenvalue weighted by Gasteiger charge is -2.27. The second kappa shape index (κ2) is 7.63. The number of nitrogens with zero attached hydrogens (tertiary/aromatic N) is 3. The lowest BCUT2D eigenvalue weighted by molar-refractivity contribution is -0.150. The predicted molar refractivity (Wildman–Crippen MR) is 115 cm³/mol. The van der Waals surface area contributed by atoms with Crippen molar-refractivity contribution >= 4 is 13.6 Å². The summed E-state index contributed by atoms with van der Waals surface area (Å²) in [6, 6.07) is 0. The first-order valence-electron chi connectivity index (χ1n) is 10.7. The summed E-state index contributed by atoms with van der Waals surface area (Å²) in [5.41, 5.74) is -1.17. The van der Waals surface area contributed by atoms with Crippen LogP contribution < -0.4 is 11.2 Å². The third-order valence-corrected chi connectivity index (χ3v) is 9.31. The Labute approximate surface area is 186 Å². The summed E-state index contributed by atoms with van der Waals surface area (Å²) < 4.78 is 36.4. The topological polar surface area (TPSA) is 123 Å². The van der Waals surface area contributed by atoms with Crippen LogP contribution in [0.2, 0.25) is 0 Å². The number of hydrogen-bond donors (Lipinski definition) is 1. The molecule has 0 aromatic carbocycles. The second-order valence-corrected chi connectivity index (χ2v) is 12.2. The molecule has 2 unspecified atom stereocenters. The molecule has 11 nitrogen and oxygen atoms in total. The number of aromatic amines is 1. The van der Waals surface area contributed by atoms with Crippen LogP contribution in [0.15, 0.2) is 15.8 Å². The summed E-state index contributed by atoms with van der Waals surface area (Å²) in [5, 5.41) is 0. The highest BCUT2D eigenvalue weighted by atomic mass is 31.2. The average molecular weight is 470 g/mol. The van der Waals surface area contributed by atoms with Crippen LogP contribution >= 0.6 is 7.67 Å². The highest BCUT2D eigenvalue weighted by molar-refractivity contribution is 7.54. The van der Waals surface area contributed by atoms with Crippen molar-refractivity contribution in [3.63, 3.8) is 0 Å². The highest BCUT2D eigenvalue weighted by Gasteiger charge is 2.65. The Morgan fingerprint density at radius 3 is 2.28 bits per heavy atom. The van der Waals surface area contributed by atoms with E-state index in [4.69, 9.17) is 14.0 Å². The maximum atomic E-state index is 13.9. The Bertz CT molecular complexity index is 1070. The van der Waals surface area contributed by atoms with Crippen LogP contribution in [0.5, 0.6) is 0 Å². The van der Waals surface area contributed by atoms with Crippen molar-refractivity contribution in [1.29, 1.82) is 0 Å². The first-order chi connectivity index (χ1) is 14.7. The number of carbonyl (C=O) groups excluding carboxylic acids is 1. The fourth-order valence-electron chi connectivity index (χ4n) is 4.12. The van der Waals surface area contributed by atoms with Gasteiger partial charge < -0.3 is 14.0 Å². The van der Waals surface area contributed by atoms with Crippen LogP contribution in [0.4, 0.5) is 0 Å². The Kier molecular flexibility index (Phi) is 5.58. The van der Waals surface area contributed by atoms with Crippen molar-refractivity contribution in [2.45, 2.75) is 77.5 Å². The molecule has 32 heavy (non-hydrogen) atoms. The van der Waals surface area contributed by atoms with Gasteiger partial charge in [-0.2, -0.15) is 0 Å². The molecule has 0 amide bonds. The average Bonchev–Trinajstić information content (AvgIpc) is 3.46. The van der Waals surface area contributed by atoms with Gasteiger partial charge in [-0.3, -0.25) is 23.7 Å². The van der Waals surface area contributed by atoms with E-state index in [-0.39, 0.29) is 24.1 Å². The number of aryl methyl sites for hydroxylation is 1. The van der Waals surface area contributed by atoms with Gasteiger partial charge in [0.15, 0.2) is 0 Å². The normalized spacial score (nSPS) is 34.0. The number of rotatable bonds is 7. The number of H-pyrrole nitrogens is 1. The molecule has 3 saturated heterocycles. The maximum absolute atomic E-state index is 13.9. The molecule has 0 bridgehead atoms. The van der Waals surface area contributed by atoms with Crippen LogP contribution in [-0.2, 0) is 23.4 Å². The fourth-order valence-corrected chi connectivity index (χ4v) is 7.42. The number of hydrogen-bond acceptors (Lipinski definition) is 7. The summed E-state index contributed by atoms with van der Waals surface area (Å²) in [4.78, 5) is 37.9. The number of esters is 1. The minimum Gasteiger partial charge on any atom is -0.460 e. The van der Waals surface area contributed by atoms with Crippen LogP contribution in [0.3, 0.4) is 0 Å². The van der Waals surface area contributed by atoms with E-state index in [1.807, 2.05) is 37.0 Å². The number of carbonyl (C=O) groups is 1. The summed E-state index contributed by atoms with van der Waals surface area (Å²) in [5.74, 6) is -0.489. The van der Waals surface area contributed by atoms with E-state index < -0.39 is 43.3 Å². The molecule has 3 aliphatic heterocycles. The summed E-state index contributed by atoms with van der Waals surface area (Å²) in [6.45, 7) is 12.2. The van der Waals surface area contributed by atoms with Crippen LogP contribution in [0.25, 0.3) is 0 Å². The van der Waals surface area contributed by atoms with E-state index in [9.17, 15) is 18.9 Å². The molecule has 3 aliphatic rings. The smallest absolute Gasteiger partial charge is 0.347 e. The van der Waals surface area contributed by atoms with Gasteiger partial charge in [0, 0.05) is 49.3 Å². The quantitative estimate of drug-likeness (QED) is 0.358. The maximum Gasteiger partial charge on any atom is 0.347 e. The third-order valence-electron chi connectivity index (χ3n) is 6.24. The Morgan fingerprint density at radius 2 is 1.78 bits per heavy atom. The molecular weight excluding hydrogens is 439 g/mol. The van der Waals surface area contributed by atoms with E-state index in [0.717, 1.165) is 0 Å². The zero-order valence-electron chi connectivity index (χ0n) is 19.3. The molecule has 0 radical (unpaired) electrons. The van der Waals surface area contributed by atoms with E-state index >= 15 is 0 Å². The minimum absolute atomic E-state index is 0.0675. The molecule has 0 spiro atoms. The van der Waals surface area contributed by atoms with Crippen LogP contribution in [0.1, 0.15) is 52.8 Å². The first kappa shape index (κ1) is 23.4. The predicted octanol–water partition coefficient (Wildman–Crippen LogP) is 1.38. The number of ether oxygens (including phenoxy) is 2. The highest BCUT2D eigenvalue weighted by Crippen LogP contribution is 2.70. The Hall–Kier alpha value is -1.78. The zero-order valence-corrected chi connectivity index (χ0v) is 20.2. The molecule has 4 rings (SSSR count). The van der Waals surface area contributed by atoms with Crippen molar-refractivity contribution < 1.29 is 23.4 Å². The molecule has 0 saturated carbocycles. The fraction of sp³-hybridized carbons (Fsp3) is 0.750. The van der Waals surface area contributed by atoms with E-state index in [1.54, 1.807) is 6.92 Å². The molecule has 1 aromatic rings. The van der Waals surface area contributed by atoms with Crippen LogP contribution in [-0.4, -0.2) is 67.8 Å². The van der Waals surface area contributed by atoms with Gasteiger partial charge in [0.05, 0.1) is 6.61 Å². The van der Waals surface area contributed by atoms with Crippen molar-refractivity contribution in [3.8, 4) is 0 Å². The van der Waals surface area contributed by atoms with E-state index in [2.05, 4.69) is 4.98 Å².